The molecule has 0 spiro atoms. The molecular weight excluding hydrogens is 268 g/mol. The first-order chi connectivity index (χ1) is 10.2. The van der Waals surface area contributed by atoms with E-state index in [1.54, 1.807) is 18.4 Å². The molecule has 0 aliphatic rings. The fourth-order valence-corrected chi connectivity index (χ4v) is 2.10. The summed E-state index contributed by atoms with van der Waals surface area (Å²) in [6.45, 7) is 1.42. The van der Waals surface area contributed by atoms with E-state index in [-0.39, 0.29) is 6.42 Å². The van der Waals surface area contributed by atoms with E-state index in [0.29, 0.717) is 25.2 Å². The highest BCUT2D eigenvalue weighted by molar-refractivity contribution is 5.66. The Morgan fingerprint density at radius 3 is 2.71 bits per heavy atom. The van der Waals surface area contributed by atoms with Gasteiger partial charge in [0.15, 0.2) is 0 Å². The van der Waals surface area contributed by atoms with Crippen LogP contribution in [0.15, 0.2) is 47.1 Å². The minimum atomic E-state index is -0.840. The zero-order valence-electron chi connectivity index (χ0n) is 11.5. The van der Waals surface area contributed by atoms with Gasteiger partial charge >= 0.3 is 5.97 Å². The van der Waals surface area contributed by atoms with Gasteiger partial charge < -0.3 is 9.52 Å². The first-order valence-corrected chi connectivity index (χ1v) is 6.63. The van der Waals surface area contributed by atoms with Crippen molar-refractivity contribution >= 4 is 5.97 Å². The first-order valence-electron chi connectivity index (χ1n) is 6.63. The minimum absolute atomic E-state index is 0.0510. The molecule has 0 unspecified atom stereocenters. The van der Waals surface area contributed by atoms with Gasteiger partial charge in [0.2, 0.25) is 0 Å². The minimum Gasteiger partial charge on any atom is -0.481 e. The molecule has 1 heterocycles. The number of hydrogen-bond acceptors (Lipinski definition) is 4. The van der Waals surface area contributed by atoms with Crippen LogP contribution >= 0.6 is 0 Å². The molecule has 0 aliphatic heterocycles. The molecule has 5 nitrogen and oxygen atoms in total. The molecule has 0 aliphatic carbocycles. The fraction of sp³-hybridized carbons (Fsp3) is 0.250. The van der Waals surface area contributed by atoms with Gasteiger partial charge in [-0.3, -0.25) is 9.69 Å². The maximum absolute atomic E-state index is 10.8. The third-order valence-electron chi connectivity index (χ3n) is 3.13. The summed E-state index contributed by atoms with van der Waals surface area (Å²) in [4.78, 5) is 12.7. The standard InChI is InChI=1S/C16H16N2O3/c17-10-13-4-1-2-5-14(13)11-18(8-7-16(19)20)12-15-6-3-9-21-15/h1-6,9H,7-8,11-12H2,(H,19,20). The lowest BCUT2D eigenvalue weighted by atomic mass is 10.1. The molecule has 1 N–H and O–H groups in total. The lowest BCUT2D eigenvalue weighted by molar-refractivity contribution is -0.137. The van der Waals surface area contributed by atoms with Gasteiger partial charge in [-0.1, -0.05) is 18.2 Å². The number of hydrogen-bond donors (Lipinski definition) is 1. The van der Waals surface area contributed by atoms with E-state index in [9.17, 15) is 4.79 Å². The number of carboxylic acid groups (broad SMARTS) is 1. The normalized spacial score (nSPS) is 10.5. The quantitative estimate of drug-likeness (QED) is 0.845. The lowest BCUT2D eigenvalue weighted by Gasteiger charge is -2.21. The number of furan rings is 1. The Bertz CT molecular complexity index is 629. The topological polar surface area (TPSA) is 77.5 Å². The van der Waals surface area contributed by atoms with Crippen molar-refractivity contribution in [1.29, 1.82) is 5.26 Å². The summed E-state index contributed by atoms with van der Waals surface area (Å²) in [5.74, 6) is -0.0668. The molecule has 21 heavy (non-hydrogen) atoms. The van der Waals surface area contributed by atoms with E-state index in [1.807, 2.05) is 29.2 Å². The monoisotopic (exact) mass is 284 g/mol. The molecule has 1 aromatic heterocycles. The molecule has 0 saturated carbocycles. The van der Waals surface area contributed by atoms with Crippen molar-refractivity contribution in [3.63, 3.8) is 0 Å². The van der Waals surface area contributed by atoms with Crippen molar-refractivity contribution in [3.8, 4) is 6.07 Å². The molecule has 0 radical (unpaired) electrons. The van der Waals surface area contributed by atoms with Gasteiger partial charge in [-0.05, 0) is 23.8 Å². The SMILES string of the molecule is N#Cc1ccccc1CN(CCC(=O)O)Cc1ccco1. The van der Waals surface area contributed by atoms with Crippen molar-refractivity contribution in [2.24, 2.45) is 0 Å². The van der Waals surface area contributed by atoms with Crippen LogP contribution in [0.4, 0.5) is 0 Å². The van der Waals surface area contributed by atoms with E-state index in [4.69, 9.17) is 14.8 Å². The van der Waals surface area contributed by atoms with Gasteiger partial charge in [-0.15, -0.1) is 0 Å². The van der Waals surface area contributed by atoms with Gasteiger partial charge in [0.05, 0.1) is 30.9 Å². The average molecular weight is 284 g/mol. The molecular formula is C16H16N2O3. The summed E-state index contributed by atoms with van der Waals surface area (Å²) < 4.78 is 5.31. The highest BCUT2D eigenvalue weighted by Crippen LogP contribution is 2.14. The molecule has 5 heteroatoms. The summed E-state index contributed by atoms with van der Waals surface area (Å²) >= 11 is 0. The van der Waals surface area contributed by atoms with Crippen molar-refractivity contribution in [1.82, 2.24) is 4.90 Å². The van der Waals surface area contributed by atoms with Gasteiger partial charge in [-0.25, -0.2) is 0 Å². The summed E-state index contributed by atoms with van der Waals surface area (Å²) in [5, 5.41) is 18.0. The summed E-state index contributed by atoms with van der Waals surface area (Å²) in [6.07, 6.45) is 1.64. The van der Waals surface area contributed by atoms with E-state index < -0.39 is 5.97 Å². The van der Waals surface area contributed by atoms with Crippen LogP contribution in [0.3, 0.4) is 0 Å². The summed E-state index contributed by atoms with van der Waals surface area (Å²) in [6, 6.07) is 13.1. The first kappa shape index (κ1) is 14.8. The average Bonchev–Trinajstić information content (AvgIpc) is 2.98. The Kier molecular flexibility index (Phi) is 5.13. The number of carbonyl (C=O) groups is 1. The fourth-order valence-electron chi connectivity index (χ4n) is 2.10. The van der Waals surface area contributed by atoms with Crippen LogP contribution < -0.4 is 0 Å². The molecule has 0 saturated heterocycles. The molecule has 108 valence electrons. The zero-order valence-corrected chi connectivity index (χ0v) is 11.5. The second kappa shape index (κ2) is 7.27. The van der Waals surface area contributed by atoms with Crippen LogP contribution in [-0.2, 0) is 17.9 Å². The highest BCUT2D eigenvalue weighted by Gasteiger charge is 2.12. The van der Waals surface area contributed by atoms with Crippen molar-refractivity contribution in [2.45, 2.75) is 19.5 Å². The van der Waals surface area contributed by atoms with Crippen molar-refractivity contribution < 1.29 is 14.3 Å². The Morgan fingerprint density at radius 1 is 1.24 bits per heavy atom. The molecule has 2 rings (SSSR count). The van der Waals surface area contributed by atoms with Crippen molar-refractivity contribution in [2.75, 3.05) is 6.54 Å². The maximum Gasteiger partial charge on any atom is 0.304 e. The van der Waals surface area contributed by atoms with E-state index in [1.165, 1.54) is 0 Å². The molecule has 1 aromatic carbocycles. The zero-order chi connectivity index (χ0) is 15.1. The third kappa shape index (κ3) is 4.48. The van der Waals surface area contributed by atoms with Crippen LogP contribution in [0.25, 0.3) is 0 Å². The number of nitrogens with zero attached hydrogens (tertiary/aromatic N) is 2. The van der Waals surface area contributed by atoms with Crippen LogP contribution in [0.1, 0.15) is 23.3 Å². The van der Waals surface area contributed by atoms with Gasteiger partial charge in [-0.2, -0.15) is 5.26 Å². The summed E-state index contributed by atoms with van der Waals surface area (Å²) in [5.41, 5.74) is 1.49. The van der Waals surface area contributed by atoms with E-state index in [2.05, 4.69) is 6.07 Å². The van der Waals surface area contributed by atoms with Gasteiger partial charge in [0, 0.05) is 13.1 Å². The second-order valence-electron chi connectivity index (χ2n) is 4.70. The van der Waals surface area contributed by atoms with Crippen LogP contribution in [-0.4, -0.2) is 22.5 Å². The van der Waals surface area contributed by atoms with Gasteiger partial charge in [0.25, 0.3) is 0 Å². The Labute approximate surface area is 123 Å². The number of aliphatic carboxylic acids is 1. The van der Waals surface area contributed by atoms with E-state index in [0.717, 1.165) is 11.3 Å². The molecule has 0 bridgehead atoms. The molecule has 0 atom stereocenters. The second-order valence-corrected chi connectivity index (χ2v) is 4.70. The predicted molar refractivity (Wildman–Crippen MR) is 76.2 cm³/mol. The summed E-state index contributed by atoms with van der Waals surface area (Å²) in [7, 11) is 0. The Morgan fingerprint density at radius 2 is 2.05 bits per heavy atom. The smallest absolute Gasteiger partial charge is 0.304 e. The predicted octanol–water partition coefficient (Wildman–Crippen LogP) is 2.63. The number of rotatable bonds is 7. The van der Waals surface area contributed by atoms with Crippen molar-refractivity contribution in [3.05, 3.63) is 59.5 Å². The highest BCUT2D eigenvalue weighted by atomic mass is 16.4. The number of nitriles is 1. The lowest BCUT2D eigenvalue weighted by Crippen LogP contribution is -2.25. The Balaban J connectivity index is 2.11. The van der Waals surface area contributed by atoms with Gasteiger partial charge in [0.1, 0.15) is 5.76 Å². The largest absolute Gasteiger partial charge is 0.481 e. The molecule has 0 fully saturated rings. The van der Waals surface area contributed by atoms with E-state index >= 15 is 0 Å². The van der Waals surface area contributed by atoms with Crippen LogP contribution in [0.5, 0.6) is 0 Å². The molecule has 0 amide bonds. The number of carboxylic acids is 1. The third-order valence-corrected chi connectivity index (χ3v) is 3.13. The maximum atomic E-state index is 10.8. The van der Waals surface area contributed by atoms with Crippen LogP contribution in [0, 0.1) is 11.3 Å². The number of benzene rings is 1. The van der Waals surface area contributed by atoms with Crippen LogP contribution in [0.2, 0.25) is 0 Å². The molecule has 2 aromatic rings. The Hall–Kier alpha value is -2.58.